The Bertz CT molecular complexity index is 85.6. The van der Waals surface area contributed by atoms with Gasteiger partial charge in [0.1, 0.15) is 0 Å². The van der Waals surface area contributed by atoms with Crippen molar-refractivity contribution in [1.29, 1.82) is 0 Å². The molecule has 0 aromatic carbocycles. The van der Waals surface area contributed by atoms with E-state index in [1.807, 2.05) is 0 Å². The summed E-state index contributed by atoms with van der Waals surface area (Å²) in [6, 6.07) is 0. The molecule has 0 spiro atoms. The molecule has 0 radical (unpaired) electrons. The Morgan fingerprint density at radius 1 is 1.36 bits per heavy atom. The quantitative estimate of drug-likeness (QED) is 0.628. The summed E-state index contributed by atoms with van der Waals surface area (Å²) in [5, 5.41) is 0. The molecular weight excluding hydrogens is 204 g/mol. The van der Waals surface area contributed by atoms with Crippen LogP contribution in [-0.4, -0.2) is 18.5 Å². The second kappa shape index (κ2) is 7.11. The molecule has 11 heavy (non-hydrogen) atoms. The van der Waals surface area contributed by atoms with E-state index in [2.05, 4.69) is 29.8 Å². The van der Waals surface area contributed by atoms with Crippen LogP contribution in [0.5, 0.6) is 0 Å². The van der Waals surface area contributed by atoms with Crippen LogP contribution in [0.25, 0.3) is 0 Å². The lowest BCUT2D eigenvalue weighted by Gasteiger charge is -2.19. The topological polar surface area (TPSA) is 9.23 Å². The molecule has 0 saturated carbocycles. The Labute approximate surface area is 78.6 Å². The van der Waals surface area contributed by atoms with Crippen LogP contribution >= 0.6 is 15.9 Å². The molecule has 0 heterocycles. The second-order valence-electron chi connectivity index (χ2n) is 2.93. The van der Waals surface area contributed by atoms with E-state index in [4.69, 9.17) is 4.74 Å². The summed E-state index contributed by atoms with van der Waals surface area (Å²) in [5.74, 6) is 0.681. The van der Waals surface area contributed by atoms with Gasteiger partial charge in [0.05, 0.1) is 6.61 Å². The maximum Gasteiger partial charge on any atom is 0.0501 e. The third-order valence-electron chi connectivity index (χ3n) is 1.98. The fourth-order valence-electron chi connectivity index (χ4n) is 1.20. The summed E-state index contributed by atoms with van der Waals surface area (Å²) in [6.07, 6.45) is 3.70. The zero-order chi connectivity index (χ0) is 8.69. The minimum atomic E-state index is 0.637. The molecule has 2 atom stereocenters. The molecule has 0 fully saturated rings. The lowest BCUT2D eigenvalue weighted by molar-refractivity contribution is 0.148. The molecule has 1 nitrogen and oxygen atoms in total. The Kier molecular flexibility index (Phi) is 7.39. The molecule has 2 unspecified atom stereocenters. The molecule has 0 bridgehead atoms. The summed E-state index contributed by atoms with van der Waals surface area (Å²) in [7, 11) is 1.77. The predicted octanol–water partition coefficient (Wildman–Crippen LogP) is 3.22. The lowest BCUT2D eigenvalue weighted by Crippen LogP contribution is -2.18. The van der Waals surface area contributed by atoms with Gasteiger partial charge < -0.3 is 4.74 Å². The van der Waals surface area contributed by atoms with Crippen LogP contribution in [0.2, 0.25) is 0 Å². The Balaban J connectivity index is 3.61. The van der Waals surface area contributed by atoms with E-state index in [9.17, 15) is 0 Å². The Morgan fingerprint density at radius 3 is 2.36 bits per heavy atom. The average Bonchev–Trinajstić information content (AvgIpc) is 2.00. The first-order valence-electron chi connectivity index (χ1n) is 4.39. The van der Waals surface area contributed by atoms with Crippen molar-refractivity contribution in [3.05, 3.63) is 0 Å². The Morgan fingerprint density at radius 2 is 2.00 bits per heavy atom. The van der Waals surface area contributed by atoms with Gasteiger partial charge in [0.15, 0.2) is 0 Å². The largest absolute Gasteiger partial charge is 0.384 e. The third kappa shape index (κ3) is 4.81. The molecule has 2 heteroatoms. The van der Waals surface area contributed by atoms with Crippen molar-refractivity contribution in [2.75, 3.05) is 13.7 Å². The number of hydrogen-bond donors (Lipinski definition) is 0. The third-order valence-corrected chi connectivity index (χ3v) is 3.19. The number of alkyl halides is 1. The highest BCUT2D eigenvalue weighted by Crippen LogP contribution is 2.21. The normalized spacial score (nSPS) is 16.4. The van der Waals surface area contributed by atoms with E-state index < -0.39 is 0 Å². The van der Waals surface area contributed by atoms with Crippen LogP contribution in [0.1, 0.15) is 33.1 Å². The smallest absolute Gasteiger partial charge is 0.0501 e. The molecule has 0 aliphatic heterocycles. The molecule has 0 aliphatic carbocycles. The van der Waals surface area contributed by atoms with Crippen LogP contribution in [0.3, 0.4) is 0 Å². The predicted molar refractivity (Wildman–Crippen MR) is 53.3 cm³/mol. The number of hydrogen-bond acceptors (Lipinski definition) is 1. The fourth-order valence-corrected chi connectivity index (χ4v) is 2.19. The maximum absolute atomic E-state index is 5.13. The molecule has 0 aromatic rings. The van der Waals surface area contributed by atoms with Crippen molar-refractivity contribution in [3.63, 3.8) is 0 Å². The first kappa shape index (κ1) is 11.4. The van der Waals surface area contributed by atoms with Crippen LogP contribution < -0.4 is 0 Å². The summed E-state index contributed by atoms with van der Waals surface area (Å²) in [4.78, 5) is 0.637. The minimum absolute atomic E-state index is 0.637. The lowest BCUT2D eigenvalue weighted by atomic mass is 10.0. The molecule has 68 valence electrons. The van der Waals surface area contributed by atoms with E-state index in [1.165, 1.54) is 19.3 Å². The first-order valence-corrected chi connectivity index (χ1v) is 5.30. The number of rotatable bonds is 6. The maximum atomic E-state index is 5.13. The molecule has 0 saturated heterocycles. The van der Waals surface area contributed by atoms with Crippen molar-refractivity contribution in [3.8, 4) is 0 Å². The average molecular weight is 223 g/mol. The van der Waals surface area contributed by atoms with Gasteiger partial charge in [-0.1, -0.05) is 42.6 Å². The molecule has 0 amide bonds. The van der Waals surface area contributed by atoms with Crippen LogP contribution in [-0.2, 0) is 4.74 Å². The fraction of sp³-hybridized carbons (Fsp3) is 1.00. The summed E-state index contributed by atoms with van der Waals surface area (Å²) < 4.78 is 5.13. The summed E-state index contributed by atoms with van der Waals surface area (Å²) >= 11 is 3.69. The van der Waals surface area contributed by atoms with Crippen molar-refractivity contribution in [2.45, 2.75) is 37.9 Å². The van der Waals surface area contributed by atoms with E-state index >= 15 is 0 Å². The highest BCUT2D eigenvalue weighted by molar-refractivity contribution is 9.09. The van der Waals surface area contributed by atoms with E-state index in [0.29, 0.717) is 10.7 Å². The molecule has 0 aromatic heterocycles. The number of ether oxygens (including phenoxy) is 1. The van der Waals surface area contributed by atoms with Gasteiger partial charge in [-0.3, -0.25) is 0 Å². The molecule has 0 aliphatic rings. The van der Waals surface area contributed by atoms with Gasteiger partial charge in [-0.25, -0.2) is 0 Å². The SMILES string of the molecule is CCCC(Br)C(CC)COC. The van der Waals surface area contributed by atoms with Gasteiger partial charge in [-0.15, -0.1) is 0 Å². The van der Waals surface area contributed by atoms with Gasteiger partial charge in [-0.2, -0.15) is 0 Å². The number of halogens is 1. The zero-order valence-corrected chi connectivity index (χ0v) is 9.36. The summed E-state index contributed by atoms with van der Waals surface area (Å²) in [6.45, 7) is 5.31. The van der Waals surface area contributed by atoms with Crippen LogP contribution in [0, 0.1) is 5.92 Å². The van der Waals surface area contributed by atoms with Gasteiger partial charge in [0, 0.05) is 11.9 Å². The van der Waals surface area contributed by atoms with Crippen LogP contribution in [0.4, 0.5) is 0 Å². The van der Waals surface area contributed by atoms with E-state index in [1.54, 1.807) is 7.11 Å². The Hall–Kier alpha value is 0.440. The second-order valence-corrected chi connectivity index (χ2v) is 4.10. The van der Waals surface area contributed by atoms with Crippen molar-refractivity contribution >= 4 is 15.9 Å². The molecular formula is C9H19BrO. The molecule has 0 N–H and O–H groups in total. The van der Waals surface area contributed by atoms with Crippen molar-refractivity contribution < 1.29 is 4.74 Å². The van der Waals surface area contributed by atoms with Gasteiger partial charge >= 0.3 is 0 Å². The summed E-state index contributed by atoms with van der Waals surface area (Å²) in [5.41, 5.74) is 0. The highest BCUT2D eigenvalue weighted by atomic mass is 79.9. The van der Waals surface area contributed by atoms with E-state index in [-0.39, 0.29) is 0 Å². The minimum Gasteiger partial charge on any atom is -0.384 e. The van der Waals surface area contributed by atoms with Gasteiger partial charge in [0.2, 0.25) is 0 Å². The van der Waals surface area contributed by atoms with Crippen molar-refractivity contribution in [1.82, 2.24) is 0 Å². The first-order chi connectivity index (χ1) is 5.26. The zero-order valence-electron chi connectivity index (χ0n) is 7.77. The van der Waals surface area contributed by atoms with E-state index in [0.717, 1.165) is 6.61 Å². The van der Waals surface area contributed by atoms with Crippen molar-refractivity contribution in [2.24, 2.45) is 5.92 Å². The van der Waals surface area contributed by atoms with Crippen LogP contribution in [0.15, 0.2) is 0 Å². The standard InChI is InChI=1S/C9H19BrO/c1-4-6-9(10)8(5-2)7-11-3/h8-9H,4-7H2,1-3H3. The molecule has 0 rings (SSSR count). The van der Waals surface area contributed by atoms with Gasteiger partial charge in [-0.05, 0) is 12.3 Å². The highest BCUT2D eigenvalue weighted by Gasteiger charge is 2.15. The monoisotopic (exact) mass is 222 g/mol. The number of methoxy groups -OCH3 is 1. The van der Waals surface area contributed by atoms with Gasteiger partial charge in [0.25, 0.3) is 0 Å².